The highest BCUT2D eigenvalue weighted by molar-refractivity contribution is 6.31. The number of nitrogens with one attached hydrogen (secondary N) is 2. The molecule has 2 amide bonds. The quantitative estimate of drug-likeness (QED) is 0.0218. The van der Waals surface area contributed by atoms with Crippen molar-refractivity contribution in [3.05, 3.63) is 105 Å². The van der Waals surface area contributed by atoms with Crippen LogP contribution < -0.4 is 25.8 Å². The van der Waals surface area contributed by atoms with E-state index in [4.69, 9.17) is 34.2 Å². The van der Waals surface area contributed by atoms with E-state index < -0.39 is 114 Å². The number of aliphatic carboxylic acids is 1. The van der Waals surface area contributed by atoms with Gasteiger partial charge in [-0.15, -0.1) is 0 Å². The van der Waals surface area contributed by atoms with Crippen LogP contribution in [0.25, 0.3) is 0 Å². The number of ketones is 2. The zero-order valence-corrected chi connectivity index (χ0v) is 45.3. The fraction of sp³-hybridized carbons (Fsp3) is 0.500. The number of benzene rings is 3. The van der Waals surface area contributed by atoms with Crippen molar-refractivity contribution in [2.45, 2.75) is 126 Å². The van der Waals surface area contributed by atoms with Gasteiger partial charge in [0.25, 0.3) is 0 Å². The monoisotopic (exact) mass is 1130 g/mol. The van der Waals surface area contributed by atoms with Gasteiger partial charge in [0, 0.05) is 100 Å². The van der Waals surface area contributed by atoms with Gasteiger partial charge in [-0.1, -0.05) is 24.3 Å². The number of hydrogen-bond donors (Lipinski definition) is 9. The number of fused-ring (bicyclic) bond motifs is 4. The molecule has 1 aromatic heterocycles. The Labute approximate surface area is 467 Å². The average Bonchev–Trinajstić information content (AvgIpc) is 3.64. The summed E-state index contributed by atoms with van der Waals surface area (Å²) in [5.41, 5.74) is 4.10. The normalized spacial score (nSPS) is 22.5. The number of carbonyl (C=O) groups excluding carboxylic acids is 5. The number of aliphatic hydroxyl groups excluding tert-OH is 2. The number of nitrogens with two attached hydrogens (primary N) is 1. The molecular weight excluding hydrogens is 1050 g/mol. The van der Waals surface area contributed by atoms with Gasteiger partial charge in [0.05, 0.1) is 61.1 Å². The molecule has 5 unspecified atom stereocenters. The SMILES string of the molecule is COc1cccc2c1C(=O)c1c(O)c3c(c(O)c1C2=O)C[C@@](O)([C@@H](O)COC(=O)CCCC(=O)NCCCOCCCN1Cc2cc(OCCCNc4ccccn4)ccc2CC(CC(=O)O)C1=O)C[C@@H]3OC1CC(N)C(O)C(C)O1. The van der Waals surface area contributed by atoms with E-state index in [1.165, 1.54) is 25.3 Å². The van der Waals surface area contributed by atoms with Gasteiger partial charge in [-0.05, 0) is 80.5 Å². The predicted molar refractivity (Wildman–Crippen MR) is 288 cm³/mol. The van der Waals surface area contributed by atoms with Crippen LogP contribution in [0.5, 0.6) is 23.0 Å². The van der Waals surface area contributed by atoms with Gasteiger partial charge < -0.3 is 80.3 Å². The van der Waals surface area contributed by atoms with E-state index in [1.54, 1.807) is 18.0 Å². The Hall–Kier alpha value is -7.25. The fourth-order valence-electron chi connectivity index (χ4n) is 10.9. The first-order chi connectivity index (χ1) is 38.9. The second-order valence-corrected chi connectivity index (χ2v) is 20.9. The van der Waals surface area contributed by atoms with Crippen molar-refractivity contribution < 1.29 is 87.8 Å². The van der Waals surface area contributed by atoms with Crippen LogP contribution in [-0.4, -0.2) is 165 Å². The number of rotatable bonds is 26. The summed E-state index contributed by atoms with van der Waals surface area (Å²) >= 11 is 0. The first kappa shape index (κ1) is 59.9. The summed E-state index contributed by atoms with van der Waals surface area (Å²) in [7, 11) is 1.31. The standard InChI is InChI=1S/C58H71N5O18/c1-32-52(69)39(59)27-47(80-32)81-41-29-58(75,28-38-49(41)56(73)51-50(54(38)71)53(70)37-10-5-11-40(76-2)48(37)55(51)72)42(64)31-79-46(68)14-6-13-44(65)62-19-7-21-77-22-9-20-63-30-35-25-36(78-23-8-18-61-43-12-3-4-17-60-43)16-15-33(35)24-34(57(63)74)26-45(66)67/h3-5,10-12,15-17,25,32,34,39,41-42,47,52,64,69,71,73,75H,6-9,13-14,18-24,26-31,59H2,1-2H3,(H,60,61)(H,62,65)(H,66,67)/t32?,34?,39?,41-,42-,47?,52?,58-/m0/s1. The predicted octanol–water partition coefficient (Wildman–Crippen LogP) is 3.38. The van der Waals surface area contributed by atoms with Crippen LogP contribution in [0.15, 0.2) is 60.8 Å². The number of aromatic hydroxyl groups is 2. The Morgan fingerprint density at radius 2 is 1.70 bits per heavy atom. The molecule has 8 rings (SSSR count). The molecule has 2 aliphatic heterocycles. The Balaban J connectivity index is 0.772. The number of hydrogen-bond acceptors (Lipinski definition) is 20. The van der Waals surface area contributed by atoms with Crippen LogP contribution >= 0.6 is 0 Å². The molecule has 0 radical (unpaired) electrons. The second-order valence-electron chi connectivity index (χ2n) is 20.9. The maximum absolute atomic E-state index is 14.1. The van der Waals surface area contributed by atoms with Gasteiger partial charge in [-0.3, -0.25) is 28.8 Å². The smallest absolute Gasteiger partial charge is 0.305 e. The molecule has 4 aromatic rings. The van der Waals surface area contributed by atoms with Gasteiger partial charge in [0.1, 0.15) is 47.1 Å². The summed E-state index contributed by atoms with van der Waals surface area (Å²) < 4.78 is 34.6. The maximum atomic E-state index is 14.1. The number of anilines is 1. The van der Waals surface area contributed by atoms with Gasteiger partial charge in [0.2, 0.25) is 17.6 Å². The zero-order chi connectivity index (χ0) is 58.0. The molecule has 23 nitrogen and oxygen atoms in total. The number of esters is 1. The van der Waals surface area contributed by atoms with E-state index in [9.17, 15) is 59.4 Å². The molecule has 0 spiro atoms. The molecule has 2 aliphatic carbocycles. The first-order valence-electron chi connectivity index (χ1n) is 27.3. The lowest BCUT2D eigenvalue weighted by atomic mass is 9.71. The Bertz CT molecular complexity index is 2930. The summed E-state index contributed by atoms with van der Waals surface area (Å²) in [6.07, 6.45) is -4.10. The summed E-state index contributed by atoms with van der Waals surface area (Å²) in [6, 6.07) is 14.8. The number of phenols is 2. The second kappa shape index (κ2) is 27.0. The highest BCUT2D eigenvalue weighted by Crippen LogP contribution is 2.53. The van der Waals surface area contributed by atoms with Gasteiger partial charge in [-0.25, -0.2) is 4.98 Å². The van der Waals surface area contributed by atoms with Crippen LogP contribution in [-0.2, 0) is 57.5 Å². The van der Waals surface area contributed by atoms with Crippen LogP contribution in [0, 0.1) is 5.92 Å². The van der Waals surface area contributed by atoms with E-state index in [0.717, 1.165) is 23.4 Å². The number of nitrogens with zero attached hydrogens (tertiary/aromatic N) is 2. The van der Waals surface area contributed by atoms with E-state index in [1.807, 2.05) is 36.4 Å². The molecule has 1 fully saturated rings. The summed E-state index contributed by atoms with van der Waals surface area (Å²) in [4.78, 5) is 84.8. The summed E-state index contributed by atoms with van der Waals surface area (Å²) in [5, 5.41) is 73.4. The lowest BCUT2D eigenvalue weighted by Crippen LogP contribution is -2.53. The summed E-state index contributed by atoms with van der Waals surface area (Å²) in [5.74, 6) is -4.67. The van der Waals surface area contributed by atoms with Crippen LogP contribution in [0.2, 0.25) is 0 Å². The molecule has 8 atom stereocenters. The number of pyridine rings is 1. The largest absolute Gasteiger partial charge is 0.507 e. The van der Waals surface area contributed by atoms with Crippen molar-refractivity contribution in [1.82, 2.24) is 15.2 Å². The lowest BCUT2D eigenvalue weighted by molar-refractivity contribution is -0.251. The number of amides is 2. The minimum atomic E-state index is -2.24. The minimum absolute atomic E-state index is 0.0278. The van der Waals surface area contributed by atoms with Gasteiger partial charge >= 0.3 is 11.9 Å². The number of ether oxygens (including phenoxy) is 6. The number of carboxylic acid groups (broad SMARTS) is 1. The van der Waals surface area contributed by atoms with Crippen molar-refractivity contribution in [2.24, 2.45) is 11.7 Å². The van der Waals surface area contributed by atoms with Crippen LogP contribution in [0.4, 0.5) is 5.82 Å². The van der Waals surface area contributed by atoms with E-state index in [0.29, 0.717) is 64.5 Å². The molecule has 23 heteroatoms. The van der Waals surface area contributed by atoms with Crippen molar-refractivity contribution in [3.8, 4) is 23.0 Å². The van der Waals surface area contributed by atoms with Crippen molar-refractivity contribution in [2.75, 3.05) is 58.5 Å². The number of methoxy groups -OCH3 is 1. The van der Waals surface area contributed by atoms with Crippen molar-refractivity contribution >= 4 is 41.1 Å². The summed E-state index contributed by atoms with van der Waals surface area (Å²) in [6.45, 7) is 3.52. The lowest BCUT2D eigenvalue weighted by Gasteiger charge is -2.44. The molecule has 1 saturated heterocycles. The molecule has 3 heterocycles. The highest BCUT2D eigenvalue weighted by atomic mass is 16.7. The Morgan fingerprint density at radius 3 is 2.46 bits per heavy atom. The third-order valence-electron chi connectivity index (χ3n) is 15.1. The molecule has 0 saturated carbocycles. The van der Waals surface area contributed by atoms with Crippen molar-refractivity contribution in [3.63, 3.8) is 0 Å². The number of carboxylic acids is 1. The molecule has 436 valence electrons. The number of aromatic nitrogens is 1. The fourth-order valence-corrected chi connectivity index (χ4v) is 10.9. The Kier molecular flexibility index (Phi) is 20.0. The average molecular weight is 1130 g/mol. The first-order valence-corrected chi connectivity index (χ1v) is 27.3. The molecule has 3 aromatic carbocycles. The highest BCUT2D eigenvalue weighted by Gasteiger charge is 2.50. The maximum Gasteiger partial charge on any atom is 0.305 e. The van der Waals surface area contributed by atoms with E-state index >= 15 is 0 Å². The molecule has 10 N–H and O–H groups in total. The van der Waals surface area contributed by atoms with Crippen molar-refractivity contribution in [1.29, 1.82) is 0 Å². The van der Waals surface area contributed by atoms with Crippen LogP contribution in [0.1, 0.15) is 125 Å². The molecular formula is C58H71N5O18. The van der Waals surface area contributed by atoms with E-state index in [2.05, 4.69) is 15.6 Å². The topological polar surface area (TPSA) is 345 Å². The zero-order valence-electron chi connectivity index (χ0n) is 45.3. The number of carbonyl (C=O) groups is 6. The Morgan fingerprint density at radius 1 is 0.926 bits per heavy atom. The third kappa shape index (κ3) is 14.3. The number of aliphatic hydroxyl groups is 3. The minimum Gasteiger partial charge on any atom is -0.507 e. The third-order valence-corrected chi connectivity index (χ3v) is 15.1. The van der Waals surface area contributed by atoms with E-state index in [-0.39, 0.29) is 78.5 Å². The van der Waals surface area contributed by atoms with Gasteiger partial charge in [0.15, 0.2) is 12.1 Å². The molecule has 4 aliphatic rings. The number of phenolic OH excluding ortho intramolecular Hbond substituents is 2. The molecule has 81 heavy (non-hydrogen) atoms. The molecule has 0 bridgehead atoms. The van der Waals surface area contributed by atoms with Crippen LogP contribution in [0.3, 0.4) is 0 Å². The van der Waals surface area contributed by atoms with Gasteiger partial charge in [-0.2, -0.15) is 0 Å².